The van der Waals surface area contributed by atoms with Gasteiger partial charge >= 0.3 is 5.97 Å². The number of nitrogens with one attached hydrogen (secondary N) is 1. The Balaban J connectivity index is 2.00. The second kappa shape index (κ2) is 9.36. The normalized spacial score (nSPS) is 10.4. The van der Waals surface area contributed by atoms with E-state index in [0.717, 1.165) is 0 Å². The zero-order valence-corrected chi connectivity index (χ0v) is 17.8. The summed E-state index contributed by atoms with van der Waals surface area (Å²) in [4.78, 5) is 25.6. The lowest BCUT2D eigenvalue weighted by atomic mass is 10.1. The zero-order valence-electron chi connectivity index (χ0n) is 16.9. The van der Waals surface area contributed by atoms with Crippen LogP contribution in [0.1, 0.15) is 27.6 Å². The average Bonchev–Trinajstić information content (AvgIpc) is 3.42. The molecule has 0 saturated carbocycles. The molecule has 0 aliphatic heterocycles. The molecule has 8 nitrogen and oxygen atoms in total. The van der Waals surface area contributed by atoms with Crippen molar-refractivity contribution >= 4 is 28.2 Å². The fraction of sp³-hybridized carbons (Fsp3) is 0.238. The summed E-state index contributed by atoms with van der Waals surface area (Å²) in [7, 11) is 4.41. The molecule has 0 fully saturated rings. The van der Waals surface area contributed by atoms with Gasteiger partial charge in [-0.1, -0.05) is 0 Å². The van der Waals surface area contributed by atoms with Gasteiger partial charge < -0.3 is 28.7 Å². The Morgan fingerprint density at radius 1 is 1.07 bits per heavy atom. The molecule has 0 radical (unpaired) electrons. The van der Waals surface area contributed by atoms with E-state index in [4.69, 9.17) is 23.4 Å². The van der Waals surface area contributed by atoms with Crippen molar-refractivity contribution in [3.05, 3.63) is 47.0 Å². The number of hydrogen-bond acceptors (Lipinski definition) is 8. The minimum atomic E-state index is -0.556. The second-order valence-corrected chi connectivity index (χ2v) is 6.79. The molecular weight excluding hydrogens is 410 g/mol. The highest BCUT2D eigenvalue weighted by atomic mass is 32.1. The summed E-state index contributed by atoms with van der Waals surface area (Å²) in [5.74, 6) is 0.556. The minimum absolute atomic E-state index is 0.198. The molecule has 0 saturated heterocycles. The van der Waals surface area contributed by atoms with Crippen molar-refractivity contribution in [2.45, 2.75) is 6.92 Å². The van der Waals surface area contributed by atoms with Crippen LogP contribution < -0.4 is 19.5 Å². The average molecular weight is 431 g/mol. The molecule has 0 aliphatic rings. The fourth-order valence-corrected chi connectivity index (χ4v) is 3.78. The molecule has 0 bridgehead atoms. The Kier molecular flexibility index (Phi) is 6.63. The summed E-state index contributed by atoms with van der Waals surface area (Å²) < 4.78 is 26.5. The van der Waals surface area contributed by atoms with Crippen molar-refractivity contribution in [1.29, 1.82) is 0 Å². The maximum Gasteiger partial charge on any atom is 0.341 e. The van der Waals surface area contributed by atoms with E-state index in [2.05, 4.69) is 5.32 Å². The van der Waals surface area contributed by atoms with Gasteiger partial charge in [0.1, 0.15) is 22.1 Å². The molecule has 1 N–H and O–H groups in total. The number of hydrogen-bond donors (Lipinski definition) is 1. The predicted molar refractivity (Wildman–Crippen MR) is 112 cm³/mol. The molecule has 0 spiro atoms. The highest BCUT2D eigenvalue weighted by molar-refractivity contribution is 7.15. The second-order valence-electron chi connectivity index (χ2n) is 5.91. The van der Waals surface area contributed by atoms with Crippen molar-refractivity contribution in [2.75, 3.05) is 33.3 Å². The molecule has 30 heavy (non-hydrogen) atoms. The van der Waals surface area contributed by atoms with Crippen molar-refractivity contribution < 1.29 is 33.0 Å². The minimum Gasteiger partial charge on any atom is -0.496 e. The van der Waals surface area contributed by atoms with Crippen molar-refractivity contribution in [2.24, 2.45) is 0 Å². The molecular formula is C21H21NO7S. The molecule has 0 atom stereocenters. The van der Waals surface area contributed by atoms with Crippen LogP contribution in [0.4, 0.5) is 5.00 Å². The fourth-order valence-electron chi connectivity index (χ4n) is 2.85. The number of anilines is 1. The van der Waals surface area contributed by atoms with E-state index < -0.39 is 11.9 Å². The number of rotatable bonds is 8. The number of thiophene rings is 1. The monoisotopic (exact) mass is 431 g/mol. The summed E-state index contributed by atoms with van der Waals surface area (Å²) in [5, 5.41) is 4.84. The predicted octanol–water partition coefficient (Wildman–Crippen LogP) is 4.46. The van der Waals surface area contributed by atoms with Gasteiger partial charge in [0.25, 0.3) is 5.91 Å². The Hall–Kier alpha value is -3.46. The Morgan fingerprint density at radius 3 is 2.37 bits per heavy atom. The van der Waals surface area contributed by atoms with Crippen molar-refractivity contribution in [3.8, 4) is 28.6 Å². The SMILES string of the molecule is CCOC(=O)c1c(-c2ccco2)csc1NC(=O)c1cc(OC)c(OC)cc1OC. The maximum atomic E-state index is 13.0. The van der Waals surface area contributed by atoms with Crippen LogP contribution in [0.2, 0.25) is 0 Å². The summed E-state index contributed by atoms with van der Waals surface area (Å²) in [5.41, 5.74) is 0.987. The van der Waals surface area contributed by atoms with Gasteiger partial charge in [-0.25, -0.2) is 4.79 Å². The summed E-state index contributed by atoms with van der Waals surface area (Å²) in [6.45, 7) is 1.91. The first kappa shape index (κ1) is 21.3. The molecule has 3 aromatic rings. The van der Waals surface area contributed by atoms with Crippen LogP contribution in [-0.2, 0) is 4.74 Å². The first-order valence-corrected chi connectivity index (χ1v) is 9.85. The van der Waals surface area contributed by atoms with E-state index in [-0.39, 0.29) is 17.7 Å². The third-order valence-corrected chi connectivity index (χ3v) is 5.13. The van der Waals surface area contributed by atoms with Gasteiger partial charge in [0.15, 0.2) is 11.5 Å². The maximum absolute atomic E-state index is 13.0. The first-order valence-electron chi connectivity index (χ1n) is 8.97. The van der Waals surface area contributed by atoms with E-state index in [1.807, 2.05) is 0 Å². The van der Waals surface area contributed by atoms with E-state index in [0.29, 0.717) is 33.6 Å². The molecule has 9 heteroatoms. The highest BCUT2D eigenvalue weighted by Gasteiger charge is 2.26. The Morgan fingerprint density at radius 2 is 1.77 bits per heavy atom. The largest absolute Gasteiger partial charge is 0.496 e. The molecule has 158 valence electrons. The van der Waals surface area contributed by atoms with Gasteiger partial charge in [-0.05, 0) is 19.1 Å². The number of ether oxygens (including phenoxy) is 4. The third-order valence-electron chi connectivity index (χ3n) is 4.23. The standard InChI is InChI=1S/C21H21NO7S/c1-5-28-21(24)18-13(14-7-6-8-29-14)11-30-20(18)22-19(23)12-9-16(26-3)17(27-4)10-15(12)25-2/h6-11H,5H2,1-4H3,(H,22,23). The number of benzene rings is 1. The first-order chi connectivity index (χ1) is 14.5. The van der Waals surface area contributed by atoms with Crippen LogP contribution in [0, 0.1) is 0 Å². The van der Waals surface area contributed by atoms with E-state index in [1.165, 1.54) is 45.0 Å². The highest BCUT2D eigenvalue weighted by Crippen LogP contribution is 2.38. The number of carbonyl (C=O) groups is 2. The van der Waals surface area contributed by atoms with Crippen molar-refractivity contribution in [3.63, 3.8) is 0 Å². The molecule has 2 heterocycles. The summed E-state index contributed by atoms with van der Waals surface area (Å²) >= 11 is 1.19. The summed E-state index contributed by atoms with van der Waals surface area (Å²) in [6.07, 6.45) is 1.51. The van der Waals surface area contributed by atoms with Crippen molar-refractivity contribution in [1.82, 2.24) is 0 Å². The van der Waals surface area contributed by atoms with Gasteiger partial charge in [-0.15, -0.1) is 11.3 Å². The van der Waals surface area contributed by atoms with Gasteiger partial charge in [0, 0.05) is 23.1 Å². The van der Waals surface area contributed by atoms with Crippen LogP contribution in [0.15, 0.2) is 40.3 Å². The van der Waals surface area contributed by atoms with Crippen LogP contribution in [0.25, 0.3) is 11.3 Å². The Bertz CT molecular complexity index is 1040. The topological polar surface area (TPSA) is 96.2 Å². The number of methoxy groups -OCH3 is 3. The molecule has 3 rings (SSSR count). The smallest absolute Gasteiger partial charge is 0.341 e. The third kappa shape index (κ3) is 4.11. The lowest BCUT2D eigenvalue weighted by Gasteiger charge is -2.14. The van der Waals surface area contributed by atoms with Crippen LogP contribution in [0.5, 0.6) is 17.2 Å². The van der Waals surface area contributed by atoms with E-state index >= 15 is 0 Å². The van der Waals surface area contributed by atoms with E-state index in [9.17, 15) is 9.59 Å². The lowest BCUT2D eigenvalue weighted by Crippen LogP contribution is -2.16. The Labute approximate surface area is 177 Å². The number of esters is 1. The van der Waals surface area contributed by atoms with Crippen LogP contribution in [0.3, 0.4) is 0 Å². The quantitative estimate of drug-likeness (QED) is 0.526. The molecule has 1 aromatic carbocycles. The molecule has 2 aromatic heterocycles. The van der Waals surface area contributed by atoms with Crippen LogP contribution in [-0.4, -0.2) is 39.8 Å². The number of furan rings is 1. The van der Waals surface area contributed by atoms with Gasteiger partial charge in [0.05, 0.1) is 39.8 Å². The molecule has 1 amide bonds. The summed E-state index contributed by atoms with van der Waals surface area (Å²) in [6, 6.07) is 6.52. The number of amides is 1. The zero-order chi connectivity index (χ0) is 21.7. The lowest BCUT2D eigenvalue weighted by molar-refractivity contribution is 0.0529. The molecule has 0 unspecified atom stereocenters. The van der Waals surface area contributed by atoms with E-state index in [1.54, 1.807) is 30.5 Å². The van der Waals surface area contributed by atoms with Gasteiger partial charge in [-0.3, -0.25) is 4.79 Å². The van der Waals surface area contributed by atoms with Gasteiger partial charge in [0.2, 0.25) is 0 Å². The van der Waals surface area contributed by atoms with Gasteiger partial charge in [-0.2, -0.15) is 0 Å². The molecule has 0 aliphatic carbocycles. The number of carbonyl (C=O) groups excluding carboxylic acids is 2. The van der Waals surface area contributed by atoms with Crippen LogP contribution >= 0.6 is 11.3 Å².